The second-order valence-electron chi connectivity index (χ2n) is 17.9. The van der Waals surface area contributed by atoms with Gasteiger partial charge in [-0.3, -0.25) is 14.7 Å². The maximum Gasteiger partial charge on any atom is 0.419 e. The maximum absolute atomic E-state index is 13.1. The Morgan fingerprint density at radius 1 is 0.951 bits per heavy atom. The second kappa shape index (κ2) is 18.6. The summed E-state index contributed by atoms with van der Waals surface area (Å²) < 4.78 is 20.2. The van der Waals surface area contributed by atoms with Crippen LogP contribution in [-0.2, 0) is 28.7 Å². The fourth-order valence-electron chi connectivity index (χ4n) is 7.88. The van der Waals surface area contributed by atoms with Gasteiger partial charge in [0.05, 0.1) is 22.8 Å². The number of nitrogens with zero attached hydrogens (tertiary/aromatic N) is 1. The molecule has 0 unspecified atom stereocenters. The molecule has 322 valence electrons. The monoisotopic (exact) mass is 845 g/mol. The smallest absolute Gasteiger partial charge is 0.419 e. The summed E-state index contributed by atoms with van der Waals surface area (Å²) in [5, 5.41) is 17.8. The van der Waals surface area contributed by atoms with Gasteiger partial charge in [-0.05, 0) is 116 Å². The molecule has 7 rings (SSSR count). The number of rotatable bonds is 15. The van der Waals surface area contributed by atoms with Crippen LogP contribution in [-0.4, -0.2) is 47.8 Å². The Morgan fingerprint density at radius 3 is 2.46 bits per heavy atom. The Morgan fingerprint density at radius 2 is 1.70 bits per heavy atom. The number of hydrogen-bond acceptors (Lipinski definition) is 9. The standard InChI is InChI=1S/C48H59N5O7Si/c1-48(2,3)61(4,5)60-43(37-21-24-41(54)45-38(37)22-25-44(55)52-45)30-50-29-32-15-23-40-42(28-32)59-47(57)53(40)26-10-9-11-31-14-20-36(33-12-7-6-8-13-33)39(27-31)51-46(56)58-35-18-16-34(49)17-19-35/h6-8,12-15,20-25,27-28,34-35,43,50,54H,9-11,16-19,26,29-30,49H2,1-5H3,(H,51,56)(H,52,55)/t34-,35-,43-/m0/s1. The van der Waals surface area contributed by atoms with E-state index in [2.05, 4.69) is 55.5 Å². The summed E-state index contributed by atoms with van der Waals surface area (Å²) in [7, 11) is -2.25. The van der Waals surface area contributed by atoms with E-state index in [0.717, 1.165) is 83.7 Å². The Labute approximate surface area is 357 Å². The fourth-order valence-corrected chi connectivity index (χ4v) is 9.16. The highest BCUT2D eigenvalue weighted by molar-refractivity contribution is 6.74. The first-order chi connectivity index (χ1) is 29.1. The van der Waals surface area contributed by atoms with Gasteiger partial charge in [0.1, 0.15) is 11.9 Å². The third-order valence-electron chi connectivity index (χ3n) is 12.4. The number of aromatic hydroxyl groups is 1. The molecule has 0 bridgehead atoms. The van der Waals surface area contributed by atoms with Gasteiger partial charge in [-0.2, -0.15) is 0 Å². The number of nitrogens with one attached hydrogen (secondary N) is 3. The minimum atomic E-state index is -2.25. The molecule has 1 aliphatic rings. The van der Waals surface area contributed by atoms with E-state index in [1.165, 1.54) is 6.07 Å². The third-order valence-corrected chi connectivity index (χ3v) is 16.9. The number of ether oxygens (including phenoxy) is 1. The summed E-state index contributed by atoms with van der Waals surface area (Å²) in [6, 6.07) is 28.8. The van der Waals surface area contributed by atoms with E-state index < -0.39 is 20.2 Å². The van der Waals surface area contributed by atoms with Gasteiger partial charge >= 0.3 is 11.8 Å². The summed E-state index contributed by atoms with van der Waals surface area (Å²) >= 11 is 0. The maximum atomic E-state index is 13.1. The molecule has 1 aliphatic carbocycles. The highest BCUT2D eigenvalue weighted by Crippen LogP contribution is 2.41. The van der Waals surface area contributed by atoms with E-state index in [-0.39, 0.29) is 34.6 Å². The van der Waals surface area contributed by atoms with E-state index in [1.807, 2.05) is 66.7 Å². The molecule has 13 heteroatoms. The van der Waals surface area contributed by atoms with Gasteiger partial charge in [0.25, 0.3) is 0 Å². The molecule has 1 amide bonds. The number of carbonyl (C=O) groups is 1. The summed E-state index contributed by atoms with van der Waals surface area (Å²) in [6.45, 7) is 12.5. The molecule has 1 atom stereocenters. The molecular formula is C48H59N5O7Si. The molecule has 12 nitrogen and oxygen atoms in total. The topological polar surface area (TPSA) is 174 Å². The van der Waals surface area contributed by atoms with Crippen LogP contribution in [0.5, 0.6) is 5.75 Å². The van der Waals surface area contributed by atoms with Gasteiger partial charge in [-0.1, -0.05) is 75.4 Å². The lowest BCUT2D eigenvalue weighted by molar-refractivity contribution is 0.0826. The van der Waals surface area contributed by atoms with Gasteiger partial charge in [-0.25, -0.2) is 9.59 Å². The number of benzene rings is 4. The van der Waals surface area contributed by atoms with Crippen molar-refractivity contribution >= 4 is 42.1 Å². The highest BCUT2D eigenvalue weighted by Gasteiger charge is 2.40. The molecule has 6 N–H and O–H groups in total. The van der Waals surface area contributed by atoms with Crippen LogP contribution in [0.25, 0.3) is 33.1 Å². The van der Waals surface area contributed by atoms with Crippen LogP contribution in [0, 0.1) is 0 Å². The van der Waals surface area contributed by atoms with E-state index in [9.17, 15) is 19.5 Å². The molecule has 2 aromatic heterocycles. The lowest BCUT2D eigenvalue weighted by Crippen LogP contribution is -2.43. The number of phenols is 1. The Kier molecular flexibility index (Phi) is 13.3. The van der Waals surface area contributed by atoms with Gasteiger partial charge in [0.2, 0.25) is 5.56 Å². The van der Waals surface area contributed by atoms with E-state index in [1.54, 1.807) is 16.7 Å². The average molecular weight is 846 g/mol. The Bertz CT molecular complexity index is 2590. The fraction of sp³-hybridized carbons (Fsp3) is 0.396. The Hall–Kier alpha value is -5.47. The van der Waals surface area contributed by atoms with Gasteiger partial charge in [0, 0.05) is 42.7 Å². The number of hydrogen-bond donors (Lipinski definition) is 5. The largest absolute Gasteiger partial charge is 0.506 e. The van der Waals surface area contributed by atoms with Crippen LogP contribution in [0.1, 0.15) is 82.1 Å². The molecule has 6 aromatic rings. The van der Waals surface area contributed by atoms with Crippen molar-refractivity contribution in [3.63, 3.8) is 0 Å². The first-order valence-corrected chi connectivity index (χ1v) is 24.3. The summed E-state index contributed by atoms with van der Waals surface area (Å²) in [4.78, 5) is 41.0. The number of aromatic amines is 1. The van der Waals surface area contributed by atoms with Crippen LogP contribution in [0.15, 0.2) is 105 Å². The number of oxazole rings is 1. The number of anilines is 1. The zero-order chi connectivity index (χ0) is 43.3. The number of aromatic nitrogens is 2. The van der Waals surface area contributed by atoms with Crippen molar-refractivity contribution in [1.29, 1.82) is 0 Å². The number of H-pyrrole nitrogens is 1. The van der Waals surface area contributed by atoms with Crippen molar-refractivity contribution in [1.82, 2.24) is 14.9 Å². The lowest BCUT2D eigenvalue weighted by atomic mass is 9.94. The van der Waals surface area contributed by atoms with Gasteiger partial charge < -0.3 is 34.7 Å². The summed E-state index contributed by atoms with van der Waals surface area (Å²) in [5.74, 6) is -0.383. The molecular weight excluding hydrogens is 787 g/mol. The zero-order valence-corrected chi connectivity index (χ0v) is 36.9. The quantitative estimate of drug-likeness (QED) is 0.0498. The second-order valence-corrected chi connectivity index (χ2v) is 22.6. The molecule has 1 fully saturated rings. The van der Waals surface area contributed by atoms with Crippen molar-refractivity contribution in [3.05, 3.63) is 129 Å². The van der Waals surface area contributed by atoms with Crippen molar-refractivity contribution < 1.29 is 23.5 Å². The minimum Gasteiger partial charge on any atom is -0.506 e. The molecule has 2 heterocycles. The van der Waals surface area contributed by atoms with Gasteiger partial charge in [-0.15, -0.1) is 0 Å². The zero-order valence-electron chi connectivity index (χ0n) is 35.9. The molecule has 61 heavy (non-hydrogen) atoms. The third kappa shape index (κ3) is 10.5. The molecule has 4 aromatic carbocycles. The van der Waals surface area contributed by atoms with Crippen molar-refractivity contribution in [2.75, 3.05) is 11.9 Å². The number of phenolic OH excluding ortho intramolecular Hbond substituents is 1. The van der Waals surface area contributed by atoms with Crippen molar-refractivity contribution in [3.8, 4) is 16.9 Å². The average Bonchev–Trinajstić information content (AvgIpc) is 3.53. The highest BCUT2D eigenvalue weighted by atomic mass is 28.4. The molecule has 0 aliphatic heterocycles. The number of pyridine rings is 1. The van der Waals surface area contributed by atoms with Gasteiger partial charge in [0.15, 0.2) is 13.9 Å². The number of fused-ring (bicyclic) bond motifs is 2. The van der Waals surface area contributed by atoms with Crippen molar-refractivity contribution in [2.24, 2.45) is 5.73 Å². The molecule has 0 saturated heterocycles. The predicted molar refractivity (Wildman–Crippen MR) is 245 cm³/mol. The number of aryl methyl sites for hydroxylation is 2. The van der Waals surface area contributed by atoms with Crippen molar-refractivity contribution in [2.45, 2.75) is 115 Å². The first-order valence-electron chi connectivity index (χ1n) is 21.4. The number of unbranched alkanes of at least 4 members (excludes halogenated alkanes) is 1. The minimum absolute atomic E-state index is 0.00859. The number of carbonyl (C=O) groups excluding carboxylic acids is 1. The van der Waals surface area contributed by atoms with Crippen LogP contribution in [0.3, 0.4) is 0 Å². The molecule has 1 saturated carbocycles. The van der Waals surface area contributed by atoms with Crippen LogP contribution in [0.4, 0.5) is 10.5 Å². The normalized spacial score (nSPS) is 16.5. The van der Waals surface area contributed by atoms with E-state index in [0.29, 0.717) is 36.4 Å². The van der Waals surface area contributed by atoms with E-state index in [4.69, 9.17) is 19.3 Å². The Balaban J connectivity index is 0.988. The first kappa shape index (κ1) is 43.6. The van der Waals surface area contributed by atoms with Crippen LogP contribution < -0.4 is 27.7 Å². The lowest BCUT2D eigenvalue weighted by Gasteiger charge is -2.39. The molecule has 0 spiro atoms. The summed E-state index contributed by atoms with van der Waals surface area (Å²) in [5.41, 5.74) is 12.9. The molecule has 0 radical (unpaired) electrons. The number of nitrogens with two attached hydrogens (primary N) is 1. The predicted octanol–water partition coefficient (Wildman–Crippen LogP) is 9.50. The summed E-state index contributed by atoms with van der Waals surface area (Å²) in [6.07, 6.45) is 4.64. The van der Waals surface area contributed by atoms with Crippen LogP contribution in [0.2, 0.25) is 18.1 Å². The SMILES string of the molecule is CC(C)(C)[Si](C)(C)O[C@@H](CNCc1ccc2c(c1)oc(=O)n2CCCCc1ccc(-c2ccccc2)c(NC(=O)O[C@H]2CC[C@H](N)CC2)c1)c1ccc(O)c2[nH]c(=O)ccc12. The van der Waals surface area contributed by atoms with Crippen LogP contribution >= 0.6 is 0 Å². The van der Waals surface area contributed by atoms with E-state index >= 15 is 0 Å². The number of amides is 1.